The van der Waals surface area contributed by atoms with Gasteiger partial charge in [0.25, 0.3) is 0 Å². The molecule has 0 bridgehead atoms. The van der Waals surface area contributed by atoms with Crippen LogP contribution in [0.1, 0.15) is 13.8 Å². The molecule has 2 unspecified atom stereocenters. The molecule has 2 atom stereocenters. The van der Waals surface area contributed by atoms with Gasteiger partial charge in [0.05, 0.1) is 0 Å². The molecule has 2 N–H and O–H groups in total. The maximum absolute atomic E-state index is 12.2. The van der Waals surface area contributed by atoms with Gasteiger partial charge in [0.2, 0.25) is 0 Å². The van der Waals surface area contributed by atoms with E-state index in [-0.39, 0.29) is 12.1 Å². The highest BCUT2D eigenvalue weighted by Gasteiger charge is 2.26. The standard InChI is InChI=1S/C13H17Cl2N3O/c1-8-7-18(9(2)6-16-8)13(19)17-12-4-10(14)3-11(15)5-12/h3-5,8-9,16H,6-7H2,1-2H3,(H,17,19). The summed E-state index contributed by atoms with van der Waals surface area (Å²) in [6.07, 6.45) is 0. The Hall–Kier alpha value is -0.970. The van der Waals surface area contributed by atoms with Crippen LogP contribution >= 0.6 is 23.2 Å². The highest BCUT2D eigenvalue weighted by molar-refractivity contribution is 6.35. The molecule has 1 heterocycles. The van der Waals surface area contributed by atoms with Gasteiger partial charge in [-0.1, -0.05) is 23.2 Å². The average molecular weight is 302 g/mol. The molecule has 4 nitrogen and oxygen atoms in total. The van der Waals surface area contributed by atoms with E-state index in [0.717, 1.165) is 6.54 Å². The van der Waals surface area contributed by atoms with E-state index >= 15 is 0 Å². The summed E-state index contributed by atoms with van der Waals surface area (Å²) in [7, 11) is 0. The number of hydrogen-bond donors (Lipinski definition) is 2. The Bertz CT molecular complexity index is 461. The number of halogens is 2. The Labute approximate surface area is 123 Å². The van der Waals surface area contributed by atoms with Gasteiger partial charge < -0.3 is 15.5 Å². The third-order valence-electron chi connectivity index (χ3n) is 3.14. The molecule has 1 aliphatic heterocycles. The van der Waals surface area contributed by atoms with Gasteiger partial charge in [-0.2, -0.15) is 0 Å². The molecule has 19 heavy (non-hydrogen) atoms. The van der Waals surface area contributed by atoms with Gasteiger partial charge in [0.1, 0.15) is 0 Å². The minimum atomic E-state index is -0.126. The molecule has 1 aromatic carbocycles. The zero-order valence-electron chi connectivity index (χ0n) is 10.9. The van der Waals surface area contributed by atoms with E-state index in [1.807, 2.05) is 11.8 Å². The van der Waals surface area contributed by atoms with E-state index in [2.05, 4.69) is 17.6 Å². The summed E-state index contributed by atoms with van der Waals surface area (Å²) in [5, 5.41) is 7.18. The van der Waals surface area contributed by atoms with Crippen LogP contribution in [0.5, 0.6) is 0 Å². The van der Waals surface area contributed by atoms with Crippen molar-refractivity contribution in [1.82, 2.24) is 10.2 Å². The summed E-state index contributed by atoms with van der Waals surface area (Å²) in [6.45, 7) is 5.55. The second kappa shape index (κ2) is 5.99. The molecule has 2 amide bonds. The molecule has 104 valence electrons. The summed E-state index contributed by atoms with van der Waals surface area (Å²) in [6, 6.07) is 5.33. The maximum Gasteiger partial charge on any atom is 0.322 e. The third kappa shape index (κ3) is 3.75. The lowest BCUT2D eigenvalue weighted by Crippen LogP contribution is -2.57. The fourth-order valence-electron chi connectivity index (χ4n) is 2.13. The molecule has 0 spiro atoms. The number of nitrogens with zero attached hydrogens (tertiary/aromatic N) is 1. The highest BCUT2D eigenvalue weighted by Crippen LogP contribution is 2.23. The normalized spacial score (nSPS) is 23.3. The first-order valence-corrected chi connectivity index (χ1v) is 6.98. The van der Waals surface area contributed by atoms with E-state index in [9.17, 15) is 4.79 Å². The van der Waals surface area contributed by atoms with Crippen molar-refractivity contribution in [2.24, 2.45) is 0 Å². The van der Waals surface area contributed by atoms with Crippen molar-refractivity contribution >= 4 is 34.9 Å². The van der Waals surface area contributed by atoms with Gasteiger partial charge in [-0.15, -0.1) is 0 Å². The van der Waals surface area contributed by atoms with Crippen LogP contribution in [-0.4, -0.2) is 36.1 Å². The number of carbonyl (C=O) groups excluding carboxylic acids is 1. The van der Waals surface area contributed by atoms with Crippen molar-refractivity contribution in [3.8, 4) is 0 Å². The van der Waals surface area contributed by atoms with Gasteiger partial charge in [-0.05, 0) is 32.0 Å². The number of amides is 2. The van der Waals surface area contributed by atoms with Gasteiger partial charge in [-0.25, -0.2) is 4.79 Å². The lowest BCUT2D eigenvalue weighted by atomic mass is 10.1. The van der Waals surface area contributed by atoms with Crippen LogP contribution in [0, 0.1) is 0 Å². The predicted octanol–water partition coefficient (Wildman–Crippen LogP) is 3.21. The Morgan fingerprint density at radius 3 is 2.58 bits per heavy atom. The van der Waals surface area contributed by atoms with Gasteiger partial charge in [0.15, 0.2) is 0 Å². The number of urea groups is 1. The summed E-state index contributed by atoms with van der Waals surface area (Å²) < 4.78 is 0. The molecule has 1 saturated heterocycles. The van der Waals surface area contributed by atoms with Crippen LogP contribution in [-0.2, 0) is 0 Å². The minimum Gasteiger partial charge on any atom is -0.319 e. The van der Waals surface area contributed by atoms with E-state index < -0.39 is 0 Å². The molecular weight excluding hydrogens is 285 g/mol. The first-order chi connectivity index (χ1) is 8.95. The number of carbonyl (C=O) groups is 1. The van der Waals surface area contributed by atoms with Gasteiger partial charge >= 0.3 is 6.03 Å². The van der Waals surface area contributed by atoms with Crippen LogP contribution in [0.4, 0.5) is 10.5 Å². The number of benzene rings is 1. The average Bonchev–Trinajstić information content (AvgIpc) is 2.30. The Morgan fingerprint density at radius 2 is 1.95 bits per heavy atom. The van der Waals surface area contributed by atoms with Crippen LogP contribution in [0.3, 0.4) is 0 Å². The number of hydrogen-bond acceptors (Lipinski definition) is 2. The SMILES string of the molecule is CC1CN(C(=O)Nc2cc(Cl)cc(Cl)c2)C(C)CN1. The number of rotatable bonds is 1. The molecular formula is C13H17Cl2N3O. The second-order valence-corrected chi connectivity index (χ2v) is 5.77. The lowest BCUT2D eigenvalue weighted by molar-refractivity contribution is 0.162. The summed E-state index contributed by atoms with van der Waals surface area (Å²) in [5.41, 5.74) is 0.612. The Kier molecular flexibility index (Phi) is 4.55. The van der Waals surface area contributed by atoms with Crippen molar-refractivity contribution < 1.29 is 4.79 Å². The van der Waals surface area contributed by atoms with E-state index in [0.29, 0.717) is 28.3 Å². The molecule has 1 aromatic rings. The molecule has 0 radical (unpaired) electrons. The van der Waals surface area contributed by atoms with Crippen molar-refractivity contribution in [1.29, 1.82) is 0 Å². The predicted molar refractivity (Wildman–Crippen MR) is 79.1 cm³/mol. The number of nitrogens with one attached hydrogen (secondary N) is 2. The van der Waals surface area contributed by atoms with Gasteiger partial charge in [0, 0.05) is 40.9 Å². The minimum absolute atomic E-state index is 0.126. The van der Waals surface area contributed by atoms with Crippen LogP contribution in [0.25, 0.3) is 0 Å². The largest absolute Gasteiger partial charge is 0.322 e. The smallest absolute Gasteiger partial charge is 0.319 e. The summed E-state index contributed by atoms with van der Waals surface area (Å²) in [5.74, 6) is 0. The van der Waals surface area contributed by atoms with E-state index in [1.165, 1.54) is 0 Å². The quantitative estimate of drug-likeness (QED) is 0.836. The molecule has 1 aliphatic rings. The van der Waals surface area contributed by atoms with Crippen molar-refractivity contribution in [3.05, 3.63) is 28.2 Å². The Balaban J connectivity index is 2.07. The zero-order chi connectivity index (χ0) is 14.0. The molecule has 0 aliphatic carbocycles. The summed E-state index contributed by atoms with van der Waals surface area (Å²) in [4.78, 5) is 14.1. The first kappa shape index (κ1) is 14.4. The third-order valence-corrected chi connectivity index (χ3v) is 3.58. The first-order valence-electron chi connectivity index (χ1n) is 6.23. The van der Waals surface area contributed by atoms with Crippen molar-refractivity contribution in [3.63, 3.8) is 0 Å². The van der Waals surface area contributed by atoms with Gasteiger partial charge in [-0.3, -0.25) is 0 Å². The molecule has 2 rings (SSSR count). The monoisotopic (exact) mass is 301 g/mol. The van der Waals surface area contributed by atoms with Crippen molar-refractivity contribution in [2.75, 3.05) is 18.4 Å². The van der Waals surface area contributed by atoms with Crippen LogP contribution < -0.4 is 10.6 Å². The van der Waals surface area contributed by atoms with Crippen LogP contribution in [0.15, 0.2) is 18.2 Å². The second-order valence-electron chi connectivity index (χ2n) is 4.90. The zero-order valence-corrected chi connectivity index (χ0v) is 12.4. The molecule has 0 aromatic heterocycles. The number of anilines is 1. The maximum atomic E-state index is 12.2. The van der Waals surface area contributed by atoms with E-state index in [4.69, 9.17) is 23.2 Å². The topological polar surface area (TPSA) is 44.4 Å². The molecule has 6 heteroatoms. The Morgan fingerprint density at radius 1 is 1.32 bits per heavy atom. The fourth-order valence-corrected chi connectivity index (χ4v) is 2.65. The summed E-state index contributed by atoms with van der Waals surface area (Å²) >= 11 is 11.8. The van der Waals surface area contributed by atoms with E-state index in [1.54, 1.807) is 18.2 Å². The fraction of sp³-hybridized carbons (Fsp3) is 0.462. The van der Waals surface area contributed by atoms with Crippen molar-refractivity contribution in [2.45, 2.75) is 25.9 Å². The lowest BCUT2D eigenvalue weighted by Gasteiger charge is -2.37. The molecule has 1 fully saturated rings. The van der Waals surface area contributed by atoms with Crippen LogP contribution in [0.2, 0.25) is 10.0 Å². The molecule has 0 saturated carbocycles. The highest BCUT2D eigenvalue weighted by atomic mass is 35.5. The number of piperazine rings is 1.